The number of nitrogens with zero attached hydrogens (tertiary/aromatic N) is 5. The molecule has 6 heteroatoms. The van der Waals surface area contributed by atoms with E-state index in [4.69, 9.17) is 5.26 Å². The first-order valence-corrected chi connectivity index (χ1v) is 6.15. The van der Waals surface area contributed by atoms with Gasteiger partial charge in [0.15, 0.2) is 0 Å². The molecule has 0 aliphatic rings. The smallest absolute Gasteiger partial charge is 0.146 e. The lowest BCUT2D eigenvalue weighted by Gasteiger charge is -2.14. The number of aromatic nitrogens is 4. The molecule has 0 amide bonds. The summed E-state index contributed by atoms with van der Waals surface area (Å²) in [5.41, 5.74) is 0.376. The van der Waals surface area contributed by atoms with E-state index < -0.39 is 0 Å². The number of nitriles is 1. The minimum atomic E-state index is 0.00569. The van der Waals surface area contributed by atoms with E-state index in [9.17, 15) is 0 Å². The molecule has 0 spiro atoms. The van der Waals surface area contributed by atoms with Crippen molar-refractivity contribution < 1.29 is 0 Å². The van der Waals surface area contributed by atoms with E-state index in [2.05, 4.69) is 20.3 Å². The van der Waals surface area contributed by atoms with Crippen LogP contribution in [0.1, 0.15) is 37.2 Å². The standard InChI is InChI=1S/C13H16N6/c1-4-11-17-10(8-14)7-12(18-11)16-9(2)13-15-5-6-19(13)3/h5-7,9H,4H2,1-3H3,(H,16,17,18). The number of hydrogen-bond donors (Lipinski definition) is 1. The summed E-state index contributed by atoms with van der Waals surface area (Å²) in [6, 6.07) is 3.71. The maximum atomic E-state index is 8.96. The molecular weight excluding hydrogens is 240 g/mol. The van der Waals surface area contributed by atoms with Gasteiger partial charge in [0.25, 0.3) is 0 Å². The van der Waals surface area contributed by atoms with Crippen LogP contribution in [-0.2, 0) is 13.5 Å². The third-order valence-corrected chi connectivity index (χ3v) is 2.81. The molecule has 1 unspecified atom stereocenters. The van der Waals surface area contributed by atoms with Gasteiger partial charge in [-0.15, -0.1) is 0 Å². The second-order valence-corrected chi connectivity index (χ2v) is 4.28. The molecule has 0 saturated heterocycles. The Kier molecular flexibility index (Phi) is 3.76. The normalized spacial score (nSPS) is 11.9. The summed E-state index contributed by atoms with van der Waals surface area (Å²) < 4.78 is 1.95. The molecule has 0 saturated carbocycles. The van der Waals surface area contributed by atoms with Gasteiger partial charge in [-0.3, -0.25) is 0 Å². The van der Waals surface area contributed by atoms with Crippen molar-refractivity contribution in [2.75, 3.05) is 5.32 Å². The highest BCUT2D eigenvalue weighted by atomic mass is 15.1. The van der Waals surface area contributed by atoms with Crippen molar-refractivity contribution in [1.82, 2.24) is 19.5 Å². The molecule has 2 aromatic heterocycles. The number of aryl methyl sites for hydroxylation is 2. The van der Waals surface area contributed by atoms with E-state index in [0.717, 1.165) is 5.82 Å². The predicted octanol–water partition coefficient (Wildman–Crippen LogP) is 1.82. The fourth-order valence-electron chi connectivity index (χ4n) is 1.87. The van der Waals surface area contributed by atoms with Crippen molar-refractivity contribution in [3.63, 3.8) is 0 Å². The summed E-state index contributed by atoms with van der Waals surface area (Å²) in [5, 5.41) is 12.2. The quantitative estimate of drug-likeness (QED) is 0.902. The number of anilines is 1. The van der Waals surface area contributed by atoms with Crippen molar-refractivity contribution in [2.45, 2.75) is 26.3 Å². The highest BCUT2D eigenvalue weighted by Crippen LogP contribution is 2.16. The molecule has 1 N–H and O–H groups in total. The third-order valence-electron chi connectivity index (χ3n) is 2.81. The fourth-order valence-corrected chi connectivity index (χ4v) is 1.87. The average Bonchev–Trinajstić information content (AvgIpc) is 2.84. The zero-order valence-electron chi connectivity index (χ0n) is 11.3. The fraction of sp³-hybridized carbons (Fsp3) is 0.385. The lowest BCUT2D eigenvalue weighted by Crippen LogP contribution is -2.13. The molecule has 1 atom stereocenters. The molecule has 0 fully saturated rings. The van der Waals surface area contributed by atoms with E-state index in [1.54, 1.807) is 12.3 Å². The zero-order chi connectivity index (χ0) is 13.8. The summed E-state index contributed by atoms with van der Waals surface area (Å²) in [6.45, 7) is 3.96. The van der Waals surface area contributed by atoms with Gasteiger partial charge < -0.3 is 9.88 Å². The highest BCUT2D eigenvalue weighted by molar-refractivity contribution is 5.41. The SMILES string of the molecule is CCc1nc(C#N)cc(NC(C)c2nccn2C)n1. The van der Waals surface area contributed by atoms with Crippen LogP contribution in [0.2, 0.25) is 0 Å². The Labute approximate surface area is 112 Å². The van der Waals surface area contributed by atoms with E-state index >= 15 is 0 Å². The van der Waals surface area contributed by atoms with Crippen LogP contribution in [0.15, 0.2) is 18.5 Å². The summed E-state index contributed by atoms with van der Waals surface area (Å²) in [5.74, 6) is 2.22. The zero-order valence-corrected chi connectivity index (χ0v) is 11.3. The van der Waals surface area contributed by atoms with Crippen LogP contribution in [0.25, 0.3) is 0 Å². The Morgan fingerprint density at radius 3 is 2.84 bits per heavy atom. The van der Waals surface area contributed by atoms with Crippen molar-refractivity contribution in [3.05, 3.63) is 35.8 Å². The van der Waals surface area contributed by atoms with E-state index in [1.807, 2.05) is 37.7 Å². The summed E-state index contributed by atoms with van der Waals surface area (Å²) in [6.07, 6.45) is 4.35. The van der Waals surface area contributed by atoms with Crippen molar-refractivity contribution in [2.24, 2.45) is 7.05 Å². The van der Waals surface area contributed by atoms with E-state index in [0.29, 0.717) is 23.8 Å². The summed E-state index contributed by atoms with van der Waals surface area (Å²) in [4.78, 5) is 12.8. The number of rotatable bonds is 4. The van der Waals surface area contributed by atoms with Crippen molar-refractivity contribution in [3.8, 4) is 6.07 Å². The topological polar surface area (TPSA) is 79.4 Å². The summed E-state index contributed by atoms with van der Waals surface area (Å²) >= 11 is 0. The van der Waals surface area contributed by atoms with Crippen LogP contribution in [0.3, 0.4) is 0 Å². The Hall–Kier alpha value is -2.42. The van der Waals surface area contributed by atoms with Crippen LogP contribution in [0, 0.1) is 11.3 Å². The number of nitrogens with one attached hydrogen (secondary N) is 1. The molecule has 0 bridgehead atoms. The van der Waals surface area contributed by atoms with Crippen molar-refractivity contribution in [1.29, 1.82) is 5.26 Å². The molecule has 0 aliphatic carbocycles. The van der Waals surface area contributed by atoms with Gasteiger partial charge in [-0.25, -0.2) is 15.0 Å². The molecule has 0 aromatic carbocycles. The maximum Gasteiger partial charge on any atom is 0.146 e. The molecule has 2 rings (SSSR count). The van der Waals surface area contributed by atoms with Gasteiger partial charge in [0.1, 0.15) is 29.2 Å². The minimum absolute atomic E-state index is 0.00569. The molecule has 2 aromatic rings. The molecular formula is C13H16N6. The van der Waals surface area contributed by atoms with Crippen molar-refractivity contribution >= 4 is 5.82 Å². The lowest BCUT2D eigenvalue weighted by molar-refractivity contribution is 0.717. The van der Waals surface area contributed by atoms with Gasteiger partial charge in [0, 0.05) is 31.9 Å². The Balaban J connectivity index is 2.24. The van der Waals surface area contributed by atoms with E-state index in [-0.39, 0.29) is 6.04 Å². The van der Waals surface area contributed by atoms with Crippen LogP contribution < -0.4 is 5.32 Å². The first-order chi connectivity index (χ1) is 9.13. The molecule has 19 heavy (non-hydrogen) atoms. The highest BCUT2D eigenvalue weighted by Gasteiger charge is 2.12. The lowest BCUT2D eigenvalue weighted by atomic mass is 10.3. The second kappa shape index (κ2) is 5.48. The van der Waals surface area contributed by atoms with Gasteiger partial charge in [-0.2, -0.15) is 5.26 Å². The Morgan fingerprint density at radius 1 is 1.47 bits per heavy atom. The maximum absolute atomic E-state index is 8.96. The molecule has 98 valence electrons. The average molecular weight is 256 g/mol. The number of hydrogen-bond acceptors (Lipinski definition) is 5. The molecule has 2 heterocycles. The second-order valence-electron chi connectivity index (χ2n) is 4.28. The van der Waals surface area contributed by atoms with Gasteiger partial charge in [0.05, 0.1) is 6.04 Å². The molecule has 6 nitrogen and oxygen atoms in total. The Bertz CT molecular complexity index is 610. The number of imidazole rings is 1. The Morgan fingerprint density at radius 2 is 2.26 bits per heavy atom. The largest absolute Gasteiger partial charge is 0.360 e. The van der Waals surface area contributed by atoms with E-state index in [1.165, 1.54) is 0 Å². The monoisotopic (exact) mass is 256 g/mol. The van der Waals surface area contributed by atoms with Crippen LogP contribution in [0.5, 0.6) is 0 Å². The third kappa shape index (κ3) is 2.88. The van der Waals surface area contributed by atoms with Gasteiger partial charge in [-0.05, 0) is 6.92 Å². The van der Waals surface area contributed by atoms with Crippen LogP contribution in [0.4, 0.5) is 5.82 Å². The molecule has 0 aliphatic heterocycles. The van der Waals surface area contributed by atoms with Gasteiger partial charge in [0.2, 0.25) is 0 Å². The molecule has 0 radical (unpaired) electrons. The summed E-state index contributed by atoms with van der Waals surface area (Å²) in [7, 11) is 1.94. The van der Waals surface area contributed by atoms with Gasteiger partial charge in [-0.1, -0.05) is 6.92 Å². The van der Waals surface area contributed by atoms with Crippen LogP contribution >= 0.6 is 0 Å². The first kappa shape index (κ1) is 13.0. The first-order valence-electron chi connectivity index (χ1n) is 6.15. The predicted molar refractivity (Wildman–Crippen MR) is 71.4 cm³/mol. The van der Waals surface area contributed by atoms with Crippen LogP contribution in [-0.4, -0.2) is 19.5 Å². The van der Waals surface area contributed by atoms with Gasteiger partial charge >= 0.3 is 0 Å². The minimum Gasteiger partial charge on any atom is -0.360 e.